The maximum absolute atomic E-state index is 12.7. The first-order valence-corrected chi connectivity index (χ1v) is 5.63. The monoisotopic (exact) mass is 245 g/mol. The lowest BCUT2D eigenvalue weighted by atomic mass is 9.98. The summed E-state index contributed by atoms with van der Waals surface area (Å²) in [6.45, 7) is 1.42. The van der Waals surface area contributed by atoms with Gasteiger partial charge in [0, 0.05) is 5.56 Å². The summed E-state index contributed by atoms with van der Waals surface area (Å²) in [6, 6.07) is 4.35. The molecule has 0 fully saturated rings. The molecule has 0 spiro atoms. The summed E-state index contributed by atoms with van der Waals surface area (Å²) in [5.74, 6) is -0.211. The Kier molecular flexibility index (Phi) is 4.10. The van der Waals surface area contributed by atoms with Gasteiger partial charge >= 0.3 is 0 Å². The van der Waals surface area contributed by atoms with Gasteiger partial charge in [-0.05, 0) is 24.1 Å². The van der Waals surface area contributed by atoms with E-state index in [2.05, 4.69) is 0 Å². The van der Waals surface area contributed by atoms with E-state index in [9.17, 15) is 13.0 Å². The molecule has 0 amide bonds. The minimum Gasteiger partial charge on any atom is -0.306 e. The van der Waals surface area contributed by atoms with E-state index in [0.29, 0.717) is 5.56 Å². The van der Waals surface area contributed by atoms with Gasteiger partial charge in [-0.1, -0.05) is 6.07 Å². The van der Waals surface area contributed by atoms with E-state index in [0.717, 1.165) is 0 Å². The first-order chi connectivity index (χ1) is 7.47. The topological polar surface area (TPSA) is 61.1 Å². The first-order valence-electron chi connectivity index (χ1n) is 4.35. The van der Waals surface area contributed by atoms with Crippen molar-refractivity contribution < 1.29 is 17.5 Å². The Morgan fingerprint density at radius 3 is 2.62 bits per heavy atom. The van der Waals surface area contributed by atoms with Crippen LogP contribution in [-0.4, -0.2) is 8.76 Å². The molecule has 0 saturated carbocycles. The predicted molar refractivity (Wildman–Crippen MR) is 55.3 cm³/mol. The normalized spacial score (nSPS) is 12.5. The van der Waals surface area contributed by atoms with Gasteiger partial charge in [-0.15, -0.1) is 0 Å². The second kappa shape index (κ2) is 5.14. The van der Waals surface area contributed by atoms with Gasteiger partial charge in [0.1, 0.15) is 0 Å². The van der Waals surface area contributed by atoms with Crippen LogP contribution in [0.25, 0.3) is 0 Å². The Morgan fingerprint density at radius 1 is 1.56 bits per heavy atom. The van der Waals surface area contributed by atoms with E-state index < -0.39 is 17.5 Å². The molecule has 1 rings (SSSR count). The van der Waals surface area contributed by atoms with E-state index in [1.807, 2.05) is 0 Å². The standard InChI is InChI=1S/C10H9F2NO2S/c1-6-8(5-16(14)15)3-2-7(4-13)9(6)10(11)12/h2-3,10H,5H2,1H3,(H,14,15). The molecule has 86 valence electrons. The van der Waals surface area contributed by atoms with Gasteiger partial charge in [0.2, 0.25) is 0 Å². The van der Waals surface area contributed by atoms with Gasteiger partial charge in [-0.2, -0.15) is 5.26 Å². The zero-order chi connectivity index (χ0) is 12.3. The summed E-state index contributed by atoms with van der Waals surface area (Å²) in [6.07, 6.45) is -2.76. The SMILES string of the molecule is Cc1c(CS(=O)O)ccc(C#N)c1C(F)F. The molecule has 0 radical (unpaired) electrons. The van der Waals surface area contributed by atoms with Gasteiger partial charge in [0.25, 0.3) is 6.43 Å². The van der Waals surface area contributed by atoms with Crippen molar-refractivity contribution in [2.24, 2.45) is 0 Å². The van der Waals surface area contributed by atoms with Crippen molar-refractivity contribution >= 4 is 11.1 Å². The summed E-state index contributed by atoms with van der Waals surface area (Å²) in [7, 11) is 0. The molecule has 1 unspecified atom stereocenters. The molecule has 0 saturated heterocycles. The highest BCUT2D eigenvalue weighted by molar-refractivity contribution is 7.78. The maximum atomic E-state index is 12.7. The average molecular weight is 245 g/mol. The number of nitriles is 1. The van der Waals surface area contributed by atoms with E-state index in [1.54, 1.807) is 6.07 Å². The highest BCUT2D eigenvalue weighted by Crippen LogP contribution is 2.28. The number of alkyl halides is 2. The molecule has 0 aromatic heterocycles. The quantitative estimate of drug-likeness (QED) is 0.832. The van der Waals surface area contributed by atoms with Crippen LogP contribution in [0.3, 0.4) is 0 Å². The van der Waals surface area contributed by atoms with Crippen LogP contribution >= 0.6 is 0 Å². The van der Waals surface area contributed by atoms with E-state index in [1.165, 1.54) is 19.1 Å². The number of hydrogen-bond donors (Lipinski definition) is 1. The molecule has 0 aliphatic heterocycles. The fourth-order valence-corrected chi connectivity index (χ4v) is 2.02. The Bertz CT molecular complexity index is 469. The minimum atomic E-state index is -2.76. The molecular weight excluding hydrogens is 236 g/mol. The largest absolute Gasteiger partial charge is 0.306 e. The highest BCUT2D eigenvalue weighted by Gasteiger charge is 2.18. The third kappa shape index (κ3) is 2.62. The zero-order valence-corrected chi connectivity index (χ0v) is 9.22. The number of hydrogen-bond acceptors (Lipinski definition) is 2. The molecule has 0 heterocycles. The molecular formula is C10H9F2NO2S. The van der Waals surface area contributed by atoms with Crippen molar-refractivity contribution in [2.45, 2.75) is 19.1 Å². The Hall–Kier alpha value is -1.32. The van der Waals surface area contributed by atoms with E-state index in [-0.39, 0.29) is 22.4 Å². The molecule has 1 aromatic rings. The third-order valence-corrected chi connectivity index (χ3v) is 2.80. The maximum Gasteiger partial charge on any atom is 0.265 e. The molecule has 0 aliphatic carbocycles. The van der Waals surface area contributed by atoms with Crippen LogP contribution in [0.1, 0.15) is 28.7 Å². The smallest absolute Gasteiger partial charge is 0.265 e. The Labute approximate surface area is 94.0 Å². The van der Waals surface area contributed by atoms with E-state index in [4.69, 9.17) is 9.81 Å². The Morgan fingerprint density at radius 2 is 2.19 bits per heavy atom. The summed E-state index contributed by atoms with van der Waals surface area (Å²) >= 11 is -2.08. The summed E-state index contributed by atoms with van der Waals surface area (Å²) in [4.78, 5) is 0. The fraction of sp³-hybridized carbons (Fsp3) is 0.300. The second-order valence-corrected chi connectivity index (χ2v) is 4.12. The van der Waals surface area contributed by atoms with Crippen LogP contribution in [0.4, 0.5) is 8.78 Å². The lowest BCUT2D eigenvalue weighted by Gasteiger charge is -2.11. The van der Waals surface area contributed by atoms with Crippen molar-refractivity contribution in [3.8, 4) is 6.07 Å². The van der Waals surface area contributed by atoms with E-state index >= 15 is 0 Å². The third-order valence-electron chi connectivity index (χ3n) is 2.24. The molecule has 16 heavy (non-hydrogen) atoms. The van der Waals surface area contributed by atoms with Crippen LogP contribution in [0.15, 0.2) is 12.1 Å². The molecule has 1 atom stereocenters. The molecule has 6 heteroatoms. The van der Waals surface area contributed by atoms with Gasteiger partial charge < -0.3 is 4.55 Å². The molecule has 3 nitrogen and oxygen atoms in total. The van der Waals surface area contributed by atoms with Crippen molar-refractivity contribution in [1.82, 2.24) is 0 Å². The molecule has 1 aromatic carbocycles. The van der Waals surface area contributed by atoms with Gasteiger partial charge in [0.15, 0.2) is 11.1 Å². The van der Waals surface area contributed by atoms with Crippen LogP contribution < -0.4 is 0 Å². The summed E-state index contributed by atoms with van der Waals surface area (Å²) in [5, 5.41) is 8.67. The van der Waals surface area contributed by atoms with Crippen molar-refractivity contribution in [3.63, 3.8) is 0 Å². The van der Waals surface area contributed by atoms with Gasteiger partial charge in [-0.3, -0.25) is 0 Å². The lowest BCUT2D eigenvalue weighted by Crippen LogP contribution is -2.02. The van der Waals surface area contributed by atoms with Crippen molar-refractivity contribution in [1.29, 1.82) is 5.26 Å². The number of benzene rings is 1. The number of rotatable bonds is 3. The zero-order valence-electron chi connectivity index (χ0n) is 8.41. The van der Waals surface area contributed by atoms with Gasteiger partial charge in [0.05, 0.1) is 17.4 Å². The highest BCUT2D eigenvalue weighted by atomic mass is 32.2. The molecule has 0 aliphatic rings. The van der Waals surface area contributed by atoms with Crippen LogP contribution in [0.2, 0.25) is 0 Å². The first kappa shape index (κ1) is 12.7. The predicted octanol–water partition coefficient (Wildman–Crippen LogP) is 2.53. The molecule has 0 bridgehead atoms. The second-order valence-electron chi connectivity index (χ2n) is 3.19. The number of halogens is 2. The van der Waals surface area contributed by atoms with Crippen molar-refractivity contribution in [2.75, 3.05) is 0 Å². The van der Waals surface area contributed by atoms with Gasteiger partial charge in [-0.25, -0.2) is 13.0 Å². The van der Waals surface area contributed by atoms with Crippen molar-refractivity contribution in [3.05, 3.63) is 34.4 Å². The lowest BCUT2D eigenvalue weighted by molar-refractivity contribution is 0.150. The average Bonchev–Trinajstić information content (AvgIpc) is 2.19. The minimum absolute atomic E-state index is 0.0972. The fourth-order valence-electron chi connectivity index (χ4n) is 1.44. The molecule has 1 N–H and O–H groups in total. The summed E-state index contributed by atoms with van der Waals surface area (Å²) < 4.78 is 44.7. The van der Waals surface area contributed by atoms with Crippen LogP contribution in [0, 0.1) is 18.3 Å². The summed E-state index contributed by atoms with van der Waals surface area (Å²) in [5.41, 5.74) is 0.108. The van der Waals surface area contributed by atoms with Crippen LogP contribution in [-0.2, 0) is 16.8 Å². The Balaban J connectivity index is 3.33. The van der Waals surface area contributed by atoms with Crippen LogP contribution in [0.5, 0.6) is 0 Å². The number of nitrogens with zero attached hydrogens (tertiary/aromatic N) is 1.